The molecule has 0 aliphatic rings. The van der Waals surface area contributed by atoms with Crippen molar-refractivity contribution in [1.82, 2.24) is 4.90 Å². The number of carbonyl (C=O) groups is 1. The van der Waals surface area contributed by atoms with Gasteiger partial charge in [-0.1, -0.05) is 37.4 Å². The van der Waals surface area contributed by atoms with Gasteiger partial charge in [0.05, 0.1) is 4.92 Å². The van der Waals surface area contributed by atoms with Crippen LogP contribution < -0.4 is 0 Å². The molecule has 0 saturated carbocycles. The molecule has 0 N–H and O–H groups in total. The SMILES string of the molecule is CCCCCN(C(=O)c1cccc(Cl)c1[N+](=O)[O-])C(C)C. The summed E-state index contributed by atoms with van der Waals surface area (Å²) >= 11 is 5.87. The van der Waals surface area contributed by atoms with Crippen molar-refractivity contribution < 1.29 is 9.72 Å². The third-order valence-electron chi connectivity index (χ3n) is 3.29. The Morgan fingerprint density at radius 1 is 1.38 bits per heavy atom. The van der Waals surface area contributed by atoms with E-state index in [-0.39, 0.29) is 28.2 Å². The molecule has 1 rings (SSSR count). The number of nitrogens with zero attached hydrogens (tertiary/aromatic N) is 2. The number of nitro groups is 1. The van der Waals surface area contributed by atoms with Gasteiger partial charge in [-0.25, -0.2) is 0 Å². The lowest BCUT2D eigenvalue weighted by molar-refractivity contribution is -0.385. The largest absolute Gasteiger partial charge is 0.336 e. The van der Waals surface area contributed by atoms with E-state index in [1.165, 1.54) is 12.1 Å². The zero-order valence-electron chi connectivity index (χ0n) is 12.6. The minimum Gasteiger partial charge on any atom is -0.336 e. The summed E-state index contributed by atoms with van der Waals surface area (Å²) < 4.78 is 0. The van der Waals surface area contributed by atoms with Gasteiger partial charge in [0, 0.05) is 12.6 Å². The van der Waals surface area contributed by atoms with Gasteiger partial charge in [0.1, 0.15) is 10.6 Å². The second kappa shape index (κ2) is 7.98. The summed E-state index contributed by atoms with van der Waals surface area (Å²) in [6.45, 7) is 6.48. The van der Waals surface area contributed by atoms with Crippen LogP contribution in [-0.2, 0) is 0 Å². The van der Waals surface area contributed by atoms with Crippen LogP contribution in [0.2, 0.25) is 5.02 Å². The zero-order chi connectivity index (χ0) is 16.0. The first-order valence-electron chi connectivity index (χ1n) is 7.14. The number of carbonyl (C=O) groups excluding carboxylic acids is 1. The summed E-state index contributed by atoms with van der Waals surface area (Å²) in [6, 6.07) is 4.43. The van der Waals surface area contributed by atoms with E-state index in [0.717, 1.165) is 19.3 Å². The molecule has 116 valence electrons. The van der Waals surface area contributed by atoms with Crippen LogP contribution >= 0.6 is 11.6 Å². The van der Waals surface area contributed by atoms with Crippen LogP contribution in [0.4, 0.5) is 5.69 Å². The number of unbranched alkanes of at least 4 members (excludes halogenated alkanes) is 2. The minimum absolute atomic E-state index is 0.0110. The number of nitro benzene ring substituents is 1. The van der Waals surface area contributed by atoms with E-state index in [1.54, 1.807) is 11.0 Å². The van der Waals surface area contributed by atoms with E-state index in [2.05, 4.69) is 6.92 Å². The van der Waals surface area contributed by atoms with E-state index in [0.29, 0.717) is 6.54 Å². The van der Waals surface area contributed by atoms with Crippen LogP contribution in [0.5, 0.6) is 0 Å². The van der Waals surface area contributed by atoms with Crippen LogP contribution in [0.1, 0.15) is 50.4 Å². The monoisotopic (exact) mass is 312 g/mol. The molecule has 21 heavy (non-hydrogen) atoms. The molecule has 0 fully saturated rings. The Bertz CT molecular complexity index is 518. The number of amides is 1. The van der Waals surface area contributed by atoms with E-state index in [9.17, 15) is 14.9 Å². The highest BCUT2D eigenvalue weighted by molar-refractivity contribution is 6.33. The molecule has 0 heterocycles. The first kappa shape index (κ1) is 17.4. The molecular formula is C15H21ClN2O3. The third-order valence-corrected chi connectivity index (χ3v) is 3.59. The second-order valence-electron chi connectivity index (χ2n) is 5.19. The lowest BCUT2D eigenvalue weighted by Crippen LogP contribution is -2.38. The predicted octanol–water partition coefficient (Wildman–Crippen LogP) is 4.29. The molecule has 1 amide bonds. The third kappa shape index (κ3) is 4.43. The molecule has 0 radical (unpaired) electrons. The molecule has 6 heteroatoms. The van der Waals surface area contributed by atoms with E-state index in [1.807, 2.05) is 13.8 Å². The molecule has 0 aliphatic heterocycles. The highest BCUT2D eigenvalue weighted by Crippen LogP contribution is 2.29. The smallest absolute Gasteiger partial charge is 0.300 e. The lowest BCUT2D eigenvalue weighted by atomic mass is 10.1. The first-order chi connectivity index (χ1) is 9.90. The van der Waals surface area contributed by atoms with Crippen LogP contribution in [0.3, 0.4) is 0 Å². The summed E-state index contributed by atoms with van der Waals surface area (Å²) in [5.74, 6) is -0.338. The fraction of sp³-hybridized carbons (Fsp3) is 0.533. The molecule has 1 aromatic carbocycles. The fourth-order valence-corrected chi connectivity index (χ4v) is 2.40. The number of hydrogen-bond donors (Lipinski definition) is 0. The van der Waals surface area contributed by atoms with Gasteiger partial charge in [-0.05, 0) is 32.4 Å². The predicted molar refractivity (Wildman–Crippen MR) is 83.8 cm³/mol. The minimum atomic E-state index is -0.597. The van der Waals surface area contributed by atoms with E-state index < -0.39 is 4.92 Å². The Morgan fingerprint density at radius 2 is 2.05 bits per heavy atom. The van der Waals surface area contributed by atoms with Gasteiger partial charge < -0.3 is 4.90 Å². The lowest BCUT2D eigenvalue weighted by Gasteiger charge is -2.26. The van der Waals surface area contributed by atoms with Crippen LogP contribution in [-0.4, -0.2) is 28.3 Å². The fourth-order valence-electron chi connectivity index (χ4n) is 2.15. The molecule has 0 spiro atoms. The molecule has 0 aliphatic carbocycles. The summed E-state index contributed by atoms with van der Waals surface area (Å²) in [5, 5.41) is 11.1. The number of hydrogen-bond acceptors (Lipinski definition) is 3. The van der Waals surface area contributed by atoms with Crippen LogP contribution in [0, 0.1) is 10.1 Å². The number of rotatable bonds is 7. The highest BCUT2D eigenvalue weighted by atomic mass is 35.5. The summed E-state index contributed by atoms with van der Waals surface area (Å²) in [7, 11) is 0. The summed E-state index contributed by atoms with van der Waals surface area (Å²) in [4.78, 5) is 24.8. The molecule has 5 nitrogen and oxygen atoms in total. The van der Waals surface area contributed by atoms with Crippen molar-refractivity contribution in [1.29, 1.82) is 0 Å². The zero-order valence-corrected chi connectivity index (χ0v) is 13.4. The van der Waals surface area contributed by atoms with E-state index in [4.69, 9.17) is 11.6 Å². The van der Waals surface area contributed by atoms with Gasteiger partial charge in [0.25, 0.3) is 5.91 Å². The maximum absolute atomic E-state index is 12.6. The van der Waals surface area contributed by atoms with Gasteiger partial charge in [-0.15, -0.1) is 0 Å². The molecule has 0 saturated heterocycles. The summed E-state index contributed by atoms with van der Waals surface area (Å²) in [6.07, 6.45) is 2.96. The van der Waals surface area contributed by atoms with Crippen molar-refractivity contribution >= 4 is 23.2 Å². The van der Waals surface area contributed by atoms with Gasteiger partial charge in [-0.2, -0.15) is 0 Å². The topological polar surface area (TPSA) is 63.5 Å². The van der Waals surface area contributed by atoms with Gasteiger partial charge in [0.15, 0.2) is 0 Å². The Labute approximate surface area is 130 Å². The normalized spacial score (nSPS) is 10.7. The van der Waals surface area contributed by atoms with Crippen LogP contribution in [0.25, 0.3) is 0 Å². The first-order valence-corrected chi connectivity index (χ1v) is 7.51. The molecule has 0 bridgehead atoms. The number of benzene rings is 1. The maximum Gasteiger partial charge on any atom is 0.300 e. The van der Waals surface area contributed by atoms with Crippen molar-refractivity contribution in [3.63, 3.8) is 0 Å². The van der Waals surface area contributed by atoms with Gasteiger partial charge in [-0.3, -0.25) is 14.9 Å². The van der Waals surface area contributed by atoms with Gasteiger partial charge >= 0.3 is 5.69 Å². The molecular weight excluding hydrogens is 292 g/mol. The number of para-hydroxylation sites is 1. The van der Waals surface area contributed by atoms with E-state index >= 15 is 0 Å². The second-order valence-corrected chi connectivity index (χ2v) is 5.60. The average Bonchev–Trinajstić information content (AvgIpc) is 2.41. The Hall–Kier alpha value is -1.62. The van der Waals surface area contributed by atoms with Crippen molar-refractivity contribution in [2.75, 3.05) is 6.54 Å². The maximum atomic E-state index is 12.6. The quantitative estimate of drug-likeness (QED) is 0.428. The van der Waals surface area contributed by atoms with Crippen molar-refractivity contribution in [3.05, 3.63) is 38.9 Å². The Balaban J connectivity index is 3.09. The van der Waals surface area contributed by atoms with Crippen molar-refractivity contribution in [2.45, 2.75) is 46.1 Å². The van der Waals surface area contributed by atoms with Gasteiger partial charge in [0.2, 0.25) is 0 Å². The molecule has 0 aromatic heterocycles. The average molecular weight is 313 g/mol. The van der Waals surface area contributed by atoms with Crippen molar-refractivity contribution in [2.24, 2.45) is 0 Å². The highest BCUT2D eigenvalue weighted by Gasteiger charge is 2.28. The van der Waals surface area contributed by atoms with Crippen LogP contribution in [0.15, 0.2) is 18.2 Å². The Kier molecular flexibility index (Phi) is 6.62. The molecule has 0 atom stereocenters. The standard InChI is InChI=1S/C15H21ClN2O3/c1-4-5-6-10-17(11(2)3)15(19)12-8-7-9-13(16)14(12)18(20)21/h7-9,11H,4-6,10H2,1-3H3. The molecule has 0 unspecified atom stereocenters. The number of halogens is 1. The Morgan fingerprint density at radius 3 is 2.57 bits per heavy atom. The summed E-state index contributed by atoms with van der Waals surface area (Å²) in [5.41, 5.74) is -0.261. The molecule has 1 aromatic rings. The van der Waals surface area contributed by atoms with Crippen molar-refractivity contribution in [3.8, 4) is 0 Å².